The van der Waals surface area contributed by atoms with Crippen LogP contribution in [0.5, 0.6) is 0 Å². The Labute approximate surface area is 57.8 Å². The van der Waals surface area contributed by atoms with E-state index < -0.39 is 0 Å². The Kier molecular flexibility index (Phi) is 8.94. The van der Waals surface area contributed by atoms with Crippen molar-refractivity contribution in [2.75, 3.05) is 20.6 Å². The largest absolute Gasteiger partial charge is 0.299 e. The predicted molar refractivity (Wildman–Crippen MR) is 27.4 cm³/mol. The molecule has 0 spiro atoms. The van der Waals surface area contributed by atoms with Gasteiger partial charge in [0.25, 0.3) is 0 Å². The third-order valence-electron chi connectivity index (χ3n) is 0.408. The molecule has 0 aromatic carbocycles. The third-order valence-corrected chi connectivity index (χ3v) is 0.408. The van der Waals surface area contributed by atoms with Crippen molar-refractivity contribution in [1.29, 1.82) is 0 Å². The molecule has 7 heavy (non-hydrogen) atoms. The average Bonchev–Trinajstić information content (AvgIpc) is 1.35. The van der Waals surface area contributed by atoms with Gasteiger partial charge in [-0.2, -0.15) is 0 Å². The number of hydrogen-bond acceptors (Lipinski definition) is 1. The van der Waals surface area contributed by atoms with Crippen LogP contribution in [0.2, 0.25) is 0 Å². The number of nitrogens with zero attached hydrogens (tertiary/aromatic N) is 1. The Balaban J connectivity index is 0. The van der Waals surface area contributed by atoms with Gasteiger partial charge in [-0.15, -0.1) is 6.42 Å². The van der Waals surface area contributed by atoms with Crippen molar-refractivity contribution >= 4 is 0 Å². The molecule has 0 aliphatic carbocycles. The summed E-state index contributed by atoms with van der Waals surface area (Å²) >= 11 is 0. The minimum absolute atomic E-state index is 0. The van der Waals surface area contributed by atoms with Gasteiger partial charge in [-0.25, -0.2) is 0 Å². The van der Waals surface area contributed by atoms with E-state index in [1.807, 2.05) is 19.0 Å². The van der Waals surface area contributed by atoms with Crippen LogP contribution in [0, 0.1) is 12.3 Å². The second kappa shape index (κ2) is 6.14. The van der Waals surface area contributed by atoms with Crippen LogP contribution in [-0.2, 0) is 19.5 Å². The summed E-state index contributed by atoms with van der Waals surface area (Å²) in [6, 6.07) is 0. The smallest absolute Gasteiger partial charge is 0.0593 e. The molecular weight excluding hydrogens is 175 g/mol. The van der Waals surface area contributed by atoms with Crippen molar-refractivity contribution in [2.24, 2.45) is 0 Å². The second-order valence-corrected chi connectivity index (χ2v) is 1.44. The molecule has 0 N–H and O–H groups in total. The molecule has 2 heteroatoms. The Bertz CT molecular complexity index is 63.0. The van der Waals surface area contributed by atoms with Crippen LogP contribution in [0.3, 0.4) is 0 Å². The first-order chi connectivity index (χ1) is 2.77. The molecule has 0 aliphatic heterocycles. The zero-order chi connectivity index (χ0) is 4.99. The maximum absolute atomic E-state index is 4.94. The van der Waals surface area contributed by atoms with Crippen LogP contribution in [0.1, 0.15) is 0 Å². The fraction of sp³-hybridized carbons (Fsp3) is 0.600. The number of terminal acetylenes is 1. The first-order valence-electron chi connectivity index (χ1n) is 1.85. The predicted octanol–water partition coefficient (Wildman–Crippen LogP) is 0.179. The van der Waals surface area contributed by atoms with Crippen LogP contribution in [-0.4, -0.2) is 25.5 Å². The van der Waals surface area contributed by atoms with Gasteiger partial charge < -0.3 is 0 Å². The molecule has 42 valence electrons. The monoisotopic (exact) mass is 185 g/mol. The Morgan fingerprint density at radius 1 is 1.57 bits per heavy atom. The third kappa shape index (κ3) is 10.7. The van der Waals surface area contributed by atoms with E-state index in [0.717, 1.165) is 6.54 Å². The standard InChI is InChI=1S/C5H9N.Ru/c1-4-5-6(2)3;/h1H,5H2,2-3H3;. The van der Waals surface area contributed by atoms with Gasteiger partial charge in [0.05, 0.1) is 6.54 Å². The van der Waals surface area contributed by atoms with Gasteiger partial charge in [0, 0.05) is 19.5 Å². The molecule has 0 rings (SSSR count). The molecule has 0 fully saturated rings. The number of rotatable bonds is 1. The van der Waals surface area contributed by atoms with E-state index in [2.05, 4.69) is 5.92 Å². The summed E-state index contributed by atoms with van der Waals surface area (Å²) in [5.74, 6) is 2.49. The van der Waals surface area contributed by atoms with Gasteiger partial charge in [0.15, 0.2) is 0 Å². The van der Waals surface area contributed by atoms with Crippen LogP contribution < -0.4 is 0 Å². The summed E-state index contributed by atoms with van der Waals surface area (Å²) in [5, 5.41) is 0. The summed E-state index contributed by atoms with van der Waals surface area (Å²) in [5.41, 5.74) is 0. The molecular formula is C5H9NRu. The molecule has 1 nitrogen and oxygen atoms in total. The molecule has 0 heterocycles. The Morgan fingerprint density at radius 3 is 2.00 bits per heavy atom. The maximum atomic E-state index is 4.94. The van der Waals surface area contributed by atoms with Gasteiger partial charge in [0.2, 0.25) is 0 Å². The zero-order valence-electron chi connectivity index (χ0n) is 4.59. The van der Waals surface area contributed by atoms with Crippen molar-refractivity contribution in [3.63, 3.8) is 0 Å². The molecule has 0 radical (unpaired) electrons. The molecule has 0 bridgehead atoms. The molecule has 0 aromatic rings. The van der Waals surface area contributed by atoms with Gasteiger partial charge in [-0.1, -0.05) is 5.92 Å². The minimum atomic E-state index is 0. The first kappa shape index (κ1) is 10.2. The fourth-order valence-corrected chi connectivity index (χ4v) is 0.183. The molecule has 0 saturated heterocycles. The van der Waals surface area contributed by atoms with E-state index >= 15 is 0 Å². The Hall–Kier alpha value is 0.143. The SMILES string of the molecule is C#CCN(C)C.[Ru]. The molecule has 0 aromatic heterocycles. The first-order valence-corrected chi connectivity index (χ1v) is 1.85. The van der Waals surface area contributed by atoms with Crippen molar-refractivity contribution in [2.45, 2.75) is 0 Å². The summed E-state index contributed by atoms with van der Waals surface area (Å²) < 4.78 is 0. The van der Waals surface area contributed by atoms with Gasteiger partial charge >= 0.3 is 0 Å². The number of hydrogen-bond donors (Lipinski definition) is 0. The van der Waals surface area contributed by atoms with Crippen molar-refractivity contribution in [1.82, 2.24) is 4.90 Å². The van der Waals surface area contributed by atoms with Crippen LogP contribution in [0.15, 0.2) is 0 Å². The van der Waals surface area contributed by atoms with E-state index in [4.69, 9.17) is 6.42 Å². The quantitative estimate of drug-likeness (QED) is 0.415. The summed E-state index contributed by atoms with van der Waals surface area (Å²) in [6.45, 7) is 0.736. The normalized spacial score (nSPS) is 7.14. The second-order valence-electron chi connectivity index (χ2n) is 1.44. The summed E-state index contributed by atoms with van der Waals surface area (Å²) in [7, 11) is 3.89. The van der Waals surface area contributed by atoms with E-state index in [-0.39, 0.29) is 19.5 Å². The van der Waals surface area contributed by atoms with E-state index in [0.29, 0.717) is 0 Å². The van der Waals surface area contributed by atoms with Crippen LogP contribution in [0.25, 0.3) is 0 Å². The van der Waals surface area contributed by atoms with Crippen molar-refractivity contribution < 1.29 is 19.5 Å². The van der Waals surface area contributed by atoms with E-state index in [9.17, 15) is 0 Å². The minimum Gasteiger partial charge on any atom is -0.299 e. The fourth-order valence-electron chi connectivity index (χ4n) is 0.183. The van der Waals surface area contributed by atoms with Crippen LogP contribution in [0.4, 0.5) is 0 Å². The molecule has 0 aliphatic rings. The summed E-state index contributed by atoms with van der Waals surface area (Å²) in [6.07, 6.45) is 4.94. The molecule has 0 saturated carbocycles. The molecule has 0 amide bonds. The molecule has 0 unspecified atom stereocenters. The van der Waals surface area contributed by atoms with Crippen molar-refractivity contribution in [3.8, 4) is 12.3 Å². The van der Waals surface area contributed by atoms with Gasteiger partial charge in [0.1, 0.15) is 0 Å². The van der Waals surface area contributed by atoms with Gasteiger partial charge in [-0.05, 0) is 14.1 Å². The topological polar surface area (TPSA) is 3.24 Å². The summed E-state index contributed by atoms with van der Waals surface area (Å²) in [4.78, 5) is 1.94. The van der Waals surface area contributed by atoms with E-state index in [1.165, 1.54) is 0 Å². The maximum Gasteiger partial charge on any atom is 0.0593 e. The van der Waals surface area contributed by atoms with E-state index in [1.54, 1.807) is 0 Å². The van der Waals surface area contributed by atoms with Crippen molar-refractivity contribution in [3.05, 3.63) is 0 Å². The zero-order valence-corrected chi connectivity index (χ0v) is 6.32. The van der Waals surface area contributed by atoms with Gasteiger partial charge in [-0.3, -0.25) is 4.90 Å². The van der Waals surface area contributed by atoms with Crippen LogP contribution >= 0.6 is 0 Å². The molecule has 0 atom stereocenters. The average molecular weight is 184 g/mol. The Morgan fingerprint density at radius 2 is 2.00 bits per heavy atom.